The maximum Gasteiger partial charge on any atom is 0.242 e. The fraction of sp³-hybridized carbons (Fsp3) is 0.619. The number of hydrogen-bond acceptors (Lipinski definition) is 5. The molecule has 1 aromatic heterocycles. The average Bonchev–Trinajstić information content (AvgIpc) is 3.00. The molecule has 0 saturated heterocycles. The molecule has 1 aromatic carbocycles. The van der Waals surface area contributed by atoms with E-state index >= 15 is 0 Å². The molecule has 7 nitrogen and oxygen atoms in total. The minimum atomic E-state index is -3.53. The van der Waals surface area contributed by atoms with E-state index in [1.165, 1.54) is 30.2 Å². The van der Waals surface area contributed by atoms with Crippen LogP contribution in [0.5, 0.6) is 0 Å². The van der Waals surface area contributed by atoms with Gasteiger partial charge in [-0.3, -0.25) is 4.79 Å². The lowest BCUT2D eigenvalue weighted by Crippen LogP contribution is -2.43. The van der Waals surface area contributed by atoms with Crippen LogP contribution < -0.4 is 0 Å². The molecule has 1 amide bonds. The van der Waals surface area contributed by atoms with E-state index in [0.717, 1.165) is 30.1 Å². The van der Waals surface area contributed by atoms with Gasteiger partial charge in [-0.1, -0.05) is 25.1 Å². The minimum absolute atomic E-state index is 0.0787. The number of thioether (sulfide) groups is 1. The standard InChI is InChI=1S/C21H34N4O3S2/c1-8-9-12-24-19-11-10-17(30(27,28)23(6)7)13-18(19)22-21(24)29-14-20(26)25(15(2)3)16(4)5/h10-11,13,15-16H,8-9,12,14H2,1-7H3. The van der Waals surface area contributed by atoms with Crippen molar-refractivity contribution < 1.29 is 13.2 Å². The number of aryl methyl sites for hydroxylation is 1. The first kappa shape index (κ1) is 24.7. The number of unbranched alkanes of at least 4 members (excludes halogenated alkanes) is 1. The number of sulfonamides is 1. The Bertz CT molecular complexity index is 974. The van der Waals surface area contributed by atoms with Crippen LogP contribution in [0.1, 0.15) is 47.5 Å². The number of imidazole rings is 1. The van der Waals surface area contributed by atoms with E-state index in [1.54, 1.807) is 12.1 Å². The molecule has 0 atom stereocenters. The Morgan fingerprint density at radius 2 is 1.80 bits per heavy atom. The summed E-state index contributed by atoms with van der Waals surface area (Å²) in [5, 5.41) is 0.749. The highest BCUT2D eigenvalue weighted by atomic mass is 32.2. The number of amides is 1. The molecule has 0 aliphatic carbocycles. The molecule has 0 saturated carbocycles. The van der Waals surface area contributed by atoms with Crippen LogP contribution in [0, 0.1) is 0 Å². The molecule has 30 heavy (non-hydrogen) atoms. The van der Waals surface area contributed by atoms with Gasteiger partial charge < -0.3 is 9.47 Å². The number of carbonyl (C=O) groups excluding carboxylic acids is 1. The number of rotatable bonds is 10. The summed E-state index contributed by atoms with van der Waals surface area (Å²) in [7, 11) is -0.498. The molecule has 0 radical (unpaired) electrons. The highest BCUT2D eigenvalue weighted by Gasteiger charge is 2.23. The fourth-order valence-electron chi connectivity index (χ4n) is 3.47. The van der Waals surface area contributed by atoms with Gasteiger partial charge in [0.05, 0.1) is 21.7 Å². The van der Waals surface area contributed by atoms with Gasteiger partial charge in [0, 0.05) is 32.7 Å². The van der Waals surface area contributed by atoms with E-state index in [9.17, 15) is 13.2 Å². The zero-order valence-electron chi connectivity index (χ0n) is 19.0. The van der Waals surface area contributed by atoms with Crippen LogP contribution in [0.4, 0.5) is 0 Å². The number of carbonyl (C=O) groups is 1. The van der Waals surface area contributed by atoms with Crippen LogP contribution in [0.3, 0.4) is 0 Å². The summed E-state index contributed by atoms with van der Waals surface area (Å²) >= 11 is 1.41. The molecule has 2 aromatic rings. The van der Waals surface area contributed by atoms with Gasteiger partial charge in [-0.2, -0.15) is 0 Å². The van der Waals surface area contributed by atoms with Gasteiger partial charge in [0.2, 0.25) is 15.9 Å². The highest BCUT2D eigenvalue weighted by molar-refractivity contribution is 7.99. The second kappa shape index (κ2) is 10.2. The summed E-state index contributed by atoms with van der Waals surface area (Å²) in [6.07, 6.45) is 2.01. The van der Waals surface area contributed by atoms with E-state index in [0.29, 0.717) is 11.3 Å². The zero-order chi connectivity index (χ0) is 22.6. The lowest BCUT2D eigenvalue weighted by Gasteiger charge is -2.30. The van der Waals surface area contributed by atoms with Crippen LogP contribution >= 0.6 is 11.8 Å². The van der Waals surface area contributed by atoms with Gasteiger partial charge in [0.25, 0.3) is 0 Å². The molecule has 0 aliphatic rings. The molecule has 0 spiro atoms. The third-order valence-corrected chi connectivity index (χ3v) is 7.70. The zero-order valence-corrected chi connectivity index (χ0v) is 20.7. The van der Waals surface area contributed by atoms with Crippen LogP contribution in [-0.4, -0.2) is 65.0 Å². The topological polar surface area (TPSA) is 75.5 Å². The number of benzene rings is 1. The maximum absolute atomic E-state index is 12.8. The minimum Gasteiger partial charge on any atom is -0.337 e. The Balaban J connectivity index is 2.39. The van der Waals surface area contributed by atoms with Crippen molar-refractivity contribution in [2.75, 3.05) is 19.8 Å². The van der Waals surface area contributed by atoms with Crippen molar-refractivity contribution in [1.82, 2.24) is 18.8 Å². The van der Waals surface area contributed by atoms with Gasteiger partial charge in [-0.15, -0.1) is 0 Å². The summed E-state index contributed by atoms with van der Waals surface area (Å²) in [6.45, 7) is 11.0. The summed E-state index contributed by atoms with van der Waals surface area (Å²) in [5.74, 6) is 0.379. The van der Waals surface area contributed by atoms with Crippen molar-refractivity contribution in [3.8, 4) is 0 Å². The molecule has 0 N–H and O–H groups in total. The van der Waals surface area contributed by atoms with E-state index in [2.05, 4.69) is 11.5 Å². The lowest BCUT2D eigenvalue weighted by atomic mass is 10.2. The summed E-state index contributed by atoms with van der Waals surface area (Å²) in [5.41, 5.74) is 1.52. The van der Waals surface area contributed by atoms with E-state index in [4.69, 9.17) is 4.98 Å². The fourth-order valence-corrected chi connectivity index (χ4v) is 5.31. The van der Waals surface area contributed by atoms with Crippen LogP contribution in [0.25, 0.3) is 11.0 Å². The predicted molar refractivity (Wildman–Crippen MR) is 123 cm³/mol. The molecule has 0 unspecified atom stereocenters. The first-order valence-electron chi connectivity index (χ1n) is 10.4. The molecule has 2 rings (SSSR count). The molecular formula is C21H34N4O3S2. The number of aromatic nitrogens is 2. The van der Waals surface area contributed by atoms with Crippen molar-refractivity contribution >= 4 is 38.7 Å². The number of hydrogen-bond donors (Lipinski definition) is 0. The van der Waals surface area contributed by atoms with Crippen molar-refractivity contribution in [2.45, 2.75) is 76.1 Å². The Morgan fingerprint density at radius 3 is 2.33 bits per heavy atom. The van der Waals surface area contributed by atoms with E-state index in [-0.39, 0.29) is 22.9 Å². The van der Waals surface area contributed by atoms with Gasteiger partial charge in [-0.05, 0) is 52.3 Å². The highest BCUT2D eigenvalue weighted by Crippen LogP contribution is 2.28. The molecule has 168 valence electrons. The van der Waals surface area contributed by atoms with Gasteiger partial charge >= 0.3 is 0 Å². The molecule has 0 fully saturated rings. The Hall–Kier alpha value is -1.58. The first-order chi connectivity index (χ1) is 14.0. The third kappa shape index (κ3) is 5.36. The molecule has 0 bridgehead atoms. The monoisotopic (exact) mass is 454 g/mol. The largest absolute Gasteiger partial charge is 0.337 e. The first-order valence-corrected chi connectivity index (χ1v) is 12.8. The van der Waals surface area contributed by atoms with E-state index < -0.39 is 10.0 Å². The third-order valence-electron chi connectivity index (χ3n) is 4.92. The van der Waals surface area contributed by atoms with Crippen LogP contribution in [-0.2, 0) is 21.4 Å². The Labute approximate surface area is 184 Å². The van der Waals surface area contributed by atoms with Gasteiger partial charge in [0.1, 0.15) is 0 Å². The smallest absolute Gasteiger partial charge is 0.242 e. The quantitative estimate of drug-likeness (QED) is 0.510. The molecule has 9 heteroatoms. The normalized spacial score (nSPS) is 12.5. The summed E-state index contributed by atoms with van der Waals surface area (Å²) in [6, 6.07) is 5.33. The Kier molecular flexibility index (Phi) is 8.35. The number of nitrogens with zero attached hydrogens (tertiary/aromatic N) is 4. The summed E-state index contributed by atoms with van der Waals surface area (Å²) < 4.78 is 28.3. The van der Waals surface area contributed by atoms with Crippen molar-refractivity contribution in [2.24, 2.45) is 0 Å². The maximum atomic E-state index is 12.8. The molecular weight excluding hydrogens is 420 g/mol. The Morgan fingerprint density at radius 1 is 1.17 bits per heavy atom. The second-order valence-corrected chi connectivity index (χ2v) is 11.2. The lowest BCUT2D eigenvalue weighted by molar-refractivity contribution is -0.131. The summed E-state index contributed by atoms with van der Waals surface area (Å²) in [4.78, 5) is 19.6. The van der Waals surface area contributed by atoms with Crippen LogP contribution in [0.2, 0.25) is 0 Å². The SMILES string of the molecule is CCCCn1c(SCC(=O)N(C(C)C)C(C)C)nc2cc(S(=O)(=O)N(C)C)ccc21. The van der Waals surface area contributed by atoms with Gasteiger partial charge in [0.15, 0.2) is 5.16 Å². The number of fused-ring (bicyclic) bond motifs is 1. The van der Waals surface area contributed by atoms with Crippen molar-refractivity contribution in [3.63, 3.8) is 0 Å². The van der Waals surface area contributed by atoms with E-state index in [1.807, 2.05) is 38.7 Å². The predicted octanol–water partition coefficient (Wildman–Crippen LogP) is 3.82. The van der Waals surface area contributed by atoms with Gasteiger partial charge in [-0.25, -0.2) is 17.7 Å². The molecule has 0 aliphatic heterocycles. The van der Waals surface area contributed by atoms with Crippen molar-refractivity contribution in [1.29, 1.82) is 0 Å². The second-order valence-electron chi connectivity index (χ2n) is 8.11. The van der Waals surface area contributed by atoms with Crippen LogP contribution in [0.15, 0.2) is 28.3 Å². The van der Waals surface area contributed by atoms with Crippen molar-refractivity contribution in [3.05, 3.63) is 18.2 Å². The average molecular weight is 455 g/mol. The molecule has 1 heterocycles.